The van der Waals surface area contributed by atoms with Crippen LogP contribution in [0.2, 0.25) is 0 Å². The molecule has 0 aromatic heterocycles. The van der Waals surface area contributed by atoms with Gasteiger partial charge in [0, 0.05) is 12.5 Å². The highest BCUT2D eigenvalue weighted by atomic mass is 19.1. The Morgan fingerprint density at radius 1 is 1.53 bits per heavy atom. The van der Waals surface area contributed by atoms with Gasteiger partial charge in [-0.2, -0.15) is 0 Å². The van der Waals surface area contributed by atoms with Crippen LogP contribution >= 0.6 is 0 Å². The largest absolute Gasteiger partial charge is 0.320 e. The van der Waals surface area contributed by atoms with Crippen molar-refractivity contribution >= 4 is 17.3 Å². The number of rotatable bonds is 6. The lowest BCUT2D eigenvalue weighted by Crippen LogP contribution is -2.30. The summed E-state index contributed by atoms with van der Waals surface area (Å²) >= 11 is 0. The van der Waals surface area contributed by atoms with Crippen LogP contribution in [0.3, 0.4) is 0 Å². The highest BCUT2D eigenvalue weighted by molar-refractivity contribution is 5.93. The molecule has 0 aliphatic heterocycles. The van der Waals surface area contributed by atoms with Crippen molar-refractivity contribution in [3.05, 3.63) is 34.1 Å². The first-order valence-electron chi connectivity index (χ1n) is 5.91. The van der Waals surface area contributed by atoms with Gasteiger partial charge in [-0.1, -0.05) is 6.92 Å². The summed E-state index contributed by atoms with van der Waals surface area (Å²) in [6.07, 6.45) is 0.183. The average molecular weight is 269 g/mol. The van der Waals surface area contributed by atoms with Crippen LogP contribution in [-0.2, 0) is 4.79 Å². The van der Waals surface area contributed by atoms with Gasteiger partial charge in [-0.3, -0.25) is 14.9 Å². The zero-order valence-electron chi connectivity index (χ0n) is 10.8. The molecule has 1 amide bonds. The molecule has 19 heavy (non-hydrogen) atoms. The Morgan fingerprint density at radius 2 is 2.21 bits per heavy atom. The Kier molecular flexibility index (Phi) is 5.37. The SMILES string of the molecule is CCNC(C)CC(=O)Nc1ccc(F)cc1[N+](=O)[O-]. The minimum Gasteiger partial charge on any atom is -0.320 e. The summed E-state index contributed by atoms with van der Waals surface area (Å²) < 4.78 is 12.9. The van der Waals surface area contributed by atoms with Gasteiger partial charge in [-0.15, -0.1) is 0 Å². The van der Waals surface area contributed by atoms with Crippen LogP contribution < -0.4 is 10.6 Å². The quantitative estimate of drug-likeness (QED) is 0.611. The highest BCUT2D eigenvalue weighted by Gasteiger charge is 2.17. The standard InChI is InChI=1S/C12H16FN3O3/c1-3-14-8(2)6-12(17)15-10-5-4-9(13)7-11(10)16(18)19/h4-5,7-8,14H,3,6H2,1-2H3,(H,15,17). The van der Waals surface area contributed by atoms with Crippen LogP contribution in [0.1, 0.15) is 20.3 Å². The summed E-state index contributed by atoms with van der Waals surface area (Å²) in [4.78, 5) is 21.7. The van der Waals surface area contributed by atoms with Crippen LogP contribution in [-0.4, -0.2) is 23.4 Å². The number of carbonyl (C=O) groups excluding carboxylic acids is 1. The highest BCUT2D eigenvalue weighted by Crippen LogP contribution is 2.25. The van der Waals surface area contributed by atoms with E-state index in [1.807, 2.05) is 13.8 Å². The van der Waals surface area contributed by atoms with Crippen molar-refractivity contribution in [3.63, 3.8) is 0 Å². The fourth-order valence-electron chi connectivity index (χ4n) is 1.66. The van der Waals surface area contributed by atoms with E-state index in [-0.39, 0.29) is 24.1 Å². The minimum absolute atomic E-state index is 0.0000912. The Morgan fingerprint density at radius 3 is 2.79 bits per heavy atom. The normalized spacial score (nSPS) is 11.9. The molecule has 1 unspecified atom stereocenters. The van der Waals surface area contributed by atoms with Crippen molar-refractivity contribution in [2.45, 2.75) is 26.3 Å². The molecule has 1 atom stereocenters. The summed E-state index contributed by atoms with van der Waals surface area (Å²) in [7, 11) is 0. The Bertz CT molecular complexity index is 479. The predicted octanol–water partition coefficient (Wildman–Crippen LogP) is 2.06. The molecule has 0 aliphatic rings. The van der Waals surface area contributed by atoms with E-state index in [0.717, 1.165) is 18.7 Å². The molecule has 0 heterocycles. The molecule has 0 fully saturated rings. The Labute approximate surface area is 110 Å². The van der Waals surface area contributed by atoms with Crippen molar-refractivity contribution in [2.75, 3.05) is 11.9 Å². The van der Waals surface area contributed by atoms with Gasteiger partial charge in [0.2, 0.25) is 5.91 Å². The van der Waals surface area contributed by atoms with E-state index in [2.05, 4.69) is 10.6 Å². The molecule has 0 bridgehead atoms. The molecule has 0 spiro atoms. The van der Waals surface area contributed by atoms with E-state index in [9.17, 15) is 19.3 Å². The maximum Gasteiger partial charge on any atom is 0.295 e. The van der Waals surface area contributed by atoms with Gasteiger partial charge >= 0.3 is 0 Å². The first kappa shape index (κ1) is 15.0. The number of nitrogens with one attached hydrogen (secondary N) is 2. The molecule has 0 radical (unpaired) electrons. The maximum absolute atomic E-state index is 12.9. The van der Waals surface area contributed by atoms with Gasteiger partial charge in [-0.05, 0) is 25.6 Å². The Hall–Kier alpha value is -2.02. The topological polar surface area (TPSA) is 84.3 Å². The van der Waals surface area contributed by atoms with Crippen LogP contribution in [0.15, 0.2) is 18.2 Å². The molecule has 104 valence electrons. The molecule has 0 saturated heterocycles. The van der Waals surface area contributed by atoms with Crippen molar-refractivity contribution in [2.24, 2.45) is 0 Å². The minimum atomic E-state index is -0.730. The number of anilines is 1. The van der Waals surface area contributed by atoms with Gasteiger partial charge in [0.05, 0.1) is 11.0 Å². The van der Waals surface area contributed by atoms with E-state index >= 15 is 0 Å². The molecule has 0 aliphatic carbocycles. The number of nitro groups is 1. The lowest BCUT2D eigenvalue weighted by atomic mass is 10.2. The molecule has 1 aromatic rings. The number of halogens is 1. The van der Waals surface area contributed by atoms with Gasteiger partial charge < -0.3 is 10.6 Å². The van der Waals surface area contributed by atoms with Crippen LogP contribution in [0, 0.1) is 15.9 Å². The summed E-state index contributed by atoms with van der Waals surface area (Å²) in [6, 6.07) is 2.99. The zero-order valence-corrected chi connectivity index (χ0v) is 10.8. The first-order valence-corrected chi connectivity index (χ1v) is 5.91. The second-order valence-electron chi connectivity index (χ2n) is 4.13. The average Bonchev–Trinajstić information content (AvgIpc) is 2.31. The molecule has 2 N–H and O–H groups in total. The fourth-order valence-corrected chi connectivity index (χ4v) is 1.66. The third kappa shape index (κ3) is 4.63. The molecular weight excluding hydrogens is 253 g/mol. The Balaban J connectivity index is 2.76. The smallest absolute Gasteiger partial charge is 0.295 e. The third-order valence-corrected chi connectivity index (χ3v) is 2.47. The molecule has 6 nitrogen and oxygen atoms in total. The third-order valence-electron chi connectivity index (χ3n) is 2.47. The maximum atomic E-state index is 12.9. The molecular formula is C12H16FN3O3. The van der Waals surface area contributed by atoms with Gasteiger partial charge in [0.1, 0.15) is 11.5 Å². The lowest BCUT2D eigenvalue weighted by Gasteiger charge is -2.12. The van der Waals surface area contributed by atoms with Gasteiger partial charge in [-0.25, -0.2) is 4.39 Å². The predicted molar refractivity (Wildman–Crippen MR) is 69.4 cm³/mol. The molecule has 1 aromatic carbocycles. The van der Waals surface area contributed by atoms with Gasteiger partial charge in [0.15, 0.2) is 0 Å². The monoisotopic (exact) mass is 269 g/mol. The van der Waals surface area contributed by atoms with Crippen LogP contribution in [0.5, 0.6) is 0 Å². The number of carbonyl (C=O) groups is 1. The summed E-state index contributed by atoms with van der Waals surface area (Å²) in [5.41, 5.74) is -0.454. The summed E-state index contributed by atoms with van der Waals surface area (Å²) in [6.45, 7) is 4.48. The first-order chi connectivity index (χ1) is 8.93. The number of amides is 1. The number of nitrogens with zero attached hydrogens (tertiary/aromatic N) is 1. The van der Waals surface area contributed by atoms with Crippen molar-refractivity contribution in [1.82, 2.24) is 5.32 Å². The molecule has 7 heteroatoms. The lowest BCUT2D eigenvalue weighted by molar-refractivity contribution is -0.384. The van der Waals surface area contributed by atoms with E-state index in [4.69, 9.17) is 0 Å². The van der Waals surface area contributed by atoms with Crippen LogP contribution in [0.25, 0.3) is 0 Å². The van der Waals surface area contributed by atoms with Crippen molar-refractivity contribution < 1.29 is 14.1 Å². The van der Waals surface area contributed by atoms with Crippen LogP contribution in [0.4, 0.5) is 15.8 Å². The molecule has 0 saturated carbocycles. The second-order valence-corrected chi connectivity index (χ2v) is 4.13. The van der Waals surface area contributed by atoms with E-state index in [0.29, 0.717) is 0 Å². The van der Waals surface area contributed by atoms with E-state index in [1.54, 1.807) is 0 Å². The summed E-state index contributed by atoms with van der Waals surface area (Å²) in [5.74, 6) is -1.08. The zero-order chi connectivity index (χ0) is 14.4. The number of hydrogen-bond donors (Lipinski definition) is 2. The van der Waals surface area contributed by atoms with Crippen molar-refractivity contribution in [3.8, 4) is 0 Å². The van der Waals surface area contributed by atoms with E-state index < -0.39 is 16.4 Å². The van der Waals surface area contributed by atoms with E-state index in [1.165, 1.54) is 6.07 Å². The fraction of sp³-hybridized carbons (Fsp3) is 0.417. The summed E-state index contributed by atoms with van der Waals surface area (Å²) in [5, 5.41) is 16.2. The second kappa shape index (κ2) is 6.79. The number of nitro benzene ring substituents is 1. The number of benzene rings is 1. The van der Waals surface area contributed by atoms with Gasteiger partial charge in [0.25, 0.3) is 5.69 Å². The van der Waals surface area contributed by atoms with Crippen molar-refractivity contribution in [1.29, 1.82) is 0 Å². The molecule has 1 rings (SSSR count). The number of hydrogen-bond acceptors (Lipinski definition) is 4.